The summed E-state index contributed by atoms with van der Waals surface area (Å²) in [5.74, 6) is 0.119. The van der Waals surface area contributed by atoms with Crippen molar-refractivity contribution in [1.82, 2.24) is 30.1 Å². The van der Waals surface area contributed by atoms with Crippen LogP contribution in [0.15, 0.2) is 59.4 Å². The van der Waals surface area contributed by atoms with Crippen LogP contribution in [0, 0.1) is 6.92 Å². The summed E-state index contributed by atoms with van der Waals surface area (Å²) in [4.78, 5) is 29.8. The Morgan fingerprint density at radius 2 is 1.91 bits per heavy atom. The standard InChI is InChI=1S/C24H26N6O3/c1-3-33-23(31)16-30-22(26-27-28-30)15-29(13-18-7-5-4-6-8-18)14-20-12-19-11-17(2)9-10-21(19)25-24(20)32/h4-12H,3,13-16H2,1-2H3,(H,25,32). The summed E-state index contributed by atoms with van der Waals surface area (Å²) in [7, 11) is 0. The summed E-state index contributed by atoms with van der Waals surface area (Å²) in [5.41, 5.74) is 3.54. The van der Waals surface area contributed by atoms with Crippen molar-refractivity contribution in [3.05, 3.63) is 87.5 Å². The minimum absolute atomic E-state index is 0.0643. The third kappa shape index (κ3) is 5.69. The number of aromatic amines is 1. The Bertz CT molecular complexity index is 1300. The van der Waals surface area contributed by atoms with Crippen molar-refractivity contribution >= 4 is 16.9 Å². The minimum Gasteiger partial charge on any atom is -0.465 e. The first-order valence-electron chi connectivity index (χ1n) is 10.8. The van der Waals surface area contributed by atoms with E-state index < -0.39 is 5.97 Å². The number of fused-ring (bicyclic) bond motifs is 1. The number of rotatable bonds is 9. The first-order chi connectivity index (χ1) is 16.0. The van der Waals surface area contributed by atoms with Crippen molar-refractivity contribution in [3.8, 4) is 0 Å². The van der Waals surface area contributed by atoms with Gasteiger partial charge in [-0.2, -0.15) is 0 Å². The maximum atomic E-state index is 12.8. The molecule has 2 heterocycles. The van der Waals surface area contributed by atoms with Gasteiger partial charge < -0.3 is 9.72 Å². The van der Waals surface area contributed by atoms with Gasteiger partial charge in [-0.05, 0) is 53.4 Å². The highest BCUT2D eigenvalue weighted by Gasteiger charge is 2.17. The maximum absolute atomic E-state index is 12.8. The van der Waals surface area contributed by atoms with Crippen LogP contribution in [0.2, 0.25) is 0 Å². The molecule has 0 amide bonds. The molecule has 0 aliphatic carbocycles. The highest BCUT2D eigenvalue weighted by molar-refractivity contribution is 5.79. The zero-order valence-corrected chi connectivity index (χ0v) is 18.7. The van der Waals surface area contributed by atoms with Crippen molar-refractivity contribution in [2.75, 3.05) is 6.61 Å². The lowest BCUT2D eigenvalue weighted by molar-refractivity contribution is -0.144. The smallest absolute Gasteiger partial charge is 0.327 e. The van der Waals surface area contributed by atoms with Crippen LogP contribution in [0.25, 0.3) is 10.9 Å². The van der Waals surface area contributed by atoms with E-state index in [-0.39, 0.29) is 12.1 Å². The van der Waals surface area contributed by atoms with Crippen LogP contribution in [0.3, 0.4) is 0 Å². The second kappa shape index (κ2) is 10.2. The van der Waals surface area contributed by atoms with Gasteiger partial charge in [0.25, 0.3) is 5.56 Å². The van der Waals surface area contributed by atoms with Gasteiger partial charge in [0, 0.05) is 24.2 Å². The van der Waals surface area contributed by atoms with E-state index in [4.69, 9.17) is 4.74 Å². The Morgan fingerprint density at radius 3 is 2.70 bits per heavy atom. The summed E-state index contributed by atoms with van der Waals surface area (Å²) in [6.45, 7) is 5.33. The summed E-state index contributed by atoms with van der Waals surface area (Å²) < 4.78 is 6.45. The molecule has 2 aromatic heterocycles. The number of aromatic nitrogens is 5. The van der Waals surface area contributed by atoms with Gasteiger partial charge in [-0.15, -0.1) is 5.10 Å². The molecule has 33 heavy (non-hydrogen) atoms. The third-order valence-corrected chi connectivity index (χ3v) is 5.27. The van der Waals surface area contributed by atoms with Crippen molar-refractivity contribution in [3.63, 3.8) is 0 Å². The number of benzene rings is 2. The Balaban J connectivity index is 1.62. The van der Waals surface area contributed by atoms with Gasteiger partial charge in [-0.1, -0.05) is 42.0 Å². The van der Waals surface area contributed by atoms with E-state index in [0.29, 0.717) is 37.6 Å². The molecule has 1 N–H and O–H groups in total. The van der Waals surface area contributed by atoms with Crippen LogP contribution in [0.1, 0.15) is 29.4 Å². The van der Waals surface area contributed by atoms with E-state index in [9.17, 15) is 9.59 Å². The Kier molecular flexibility index (Phi) is 6.89. The lowest BCUT2D eigenvalue weighted by Gasteiger charge is -2.22. The van der Waals surface area contributed by atoms with Crippen molar-refractivity contribution in [2.45, 2.75) is 40.0 Å². The van der Waals surface area contributed by atoms with Crippen LogP contribution in [-0.4, -0.2) is 42.7 Å². The fourth-order valence-corrected chi connectivity index (χ4v) is 3.73. The molecule has 4 rings (SSSR count). The van der Waals surface area contributed by atoms with Gasteiger partial charge in [-0.25, -0.2) is 4.68 Å². The number of esters is 1. The number of carbonyl (C=O) groups excluding carboxylic acids is 1. The summed E-state index contributed by atoms with van der Waals surface area (Å²) in [6.07, 6.45) is 0. The van der Waals surface area contributed by atoms with Gasteiger partial charge >= 0.3 is 5.97 Å². The van der Waals surface area contributed by atoms with Crippen molar-refractivity contribution in [2.24, 2.45) is 0 Å². The number of hydrogen-bond acceptors (Lipinski definition) is 7. The number of carbonyl (C=O) groups is 1. The first-order valence-corrected chi connectivity index (χ1v) is 10.8. The number of nitrogens with zero attached hydrogens (tertiary/aromatic N) is 5. The maximum Gasteiger partial charge on any atom is 0.327 e. The third-order valence-electron chi connectivity index (χ3n) is 5.27. The predicted octanol–water partition coefficient (Wildman–Crippen LogP) is 2.59. The van der Waals surface area contributed by atoms with Crippen molar-refractivity contribution in [1.29, 1.82) is 0 Å². The molecular weight excluding hydrogens is 420 g/mol. The number of aryl methyl sites for hydroxylation is 1. The number of H-pyrrole nitrogens is 1. The Labute approximate surface area is 191 Å². The number of hydrogen-bond donors (Lipinski definition) is 1. The first kappa shape index (κ1) is 22.3. The Morgan fingerprint density at radius 1 is 1.09 bits per heavy atom. The normalized spacial score (nSPS) is 11.2. The molecule has 0 saturated heterocycles. The molecule has 0 unspecified atom stereocenters. The van der Waals surface area contributed by atoms with Crippen LogP contribution < -0.4 is 5.56 Å². The van der Waals surface area contributed by atoms with Crippen LogP contribution in [0.5, 0.6) is 0 Å². The molecular formula is C24H26N6O3. The quantitative estimate of drug-likeness (QED) is 0.394. The lowest BCUT2D eigenvalue weighted by Crippen LogP contribution is -2.28. The lowest BCUT2D eigenvalue weighted by atomic mass is 10.1. The SMILES string of the molecule is CCOC(=O)Cn1nnnc1CN(Cc1ccccc1)Cc1cc2cc(C)ccc2[nH]c1=O. The van der Waals surface area contributed by atoms with E-state index in [1.165, 1.54) is 4.68 Å². The average molecular weight is 447 g/mol. The number of tetrazole rings is 1. The molecule has 0 atom stereocenters. The molecule has 2 aromatic carbocycles. The second-order valence-corrected chi connectivity index (χ2v) is 7.90. The van der Waals surface area contributed by atoms with Crippen LogP contribution >= 0.6 is 0 Å². The Hall–Kier alpha value is -3.85. The zero-order chi connectivity index (χ0) is 23.2. The minimum atomic E-state index is -0.401. The monoisotopic (exact) mass is 446 g/mol. The molecule has 9 nitrogen and oxygen atoms in total. The van der Waals surface area contributed by atoms with E-state index in [0.717, 1.165) is 22.0 Å². The van der Waals surface area contributed by atoms with E-state index in [1.807, 2.05) is 55.5 Å². The molecule has 0 fully saturated rings. The van der Waals surface area contributed by atoms with E-state index in [2.05, 4.69) is 31.5 Å². The highest BCUT2D eigenvalue weighted by Crippen LogP contribution is 2.16. The molecule has 0 radical (unpaired) electrons. The zero-order valence-electron chi connectivity index (χ0n) is 18.7. The van der Waals surface area contributed by atoms with Gasteiger partial charge in [-0.3, -0.25) is 14.5 Å². The highest BCUT2D eigenvalue weighted by atomic mass is 16.5. The van der Waals surface area contributed by atoms with Gasteiger partial charge in [0.2, 0.25) is 0 Å². The van der Waals surface area contributed by atoms with Crippen molar-refractivity contribution < 1.29 is 9.53 Å². The largest absolute Gasteiger partial charge is 0.465 e. The van der Waals surface area contributed by atoms with Gasteiger partial charge in [0.1, 0.15) is 6.54 Å². The molecule has 9 heteroatoms. The predicted molar refractivity (Wildman–Crippen MR) is 123 cm³/mol. The topological polar surface area (TPSA) is 106 Å². The van der Waals surface area contributed by atoms with E-state index >= 15 is 0 Å². The summed E-state index contributed by atoms with van der Waals surface area (Å²) in [5, 5.41) is 12.8. The number of nitrogens with one attached hydrogen (secondary N) is 1. The van der Waals surface area contributed by atoms with Crippen LogP contribution in [0.4, 0.5) is 0 Å². The second-order valence-electron chi connectivity index (χ2n) is 7.90. The fraction of sp³-hybridized carbons (Fsp3) is 0.292. The molecule has 0 saturated carbocycles. The summed E-state index contributed by atoms with van der Waals surface area (Å²) in [6, 6.07) is 17.9. The van der Waals surface area contributed by atoms with E-state index in [1.54, 1.807) is 6.92 Å². The number of ether oxygens (including phenoxy) is 1. The molecule has 0 bridgehead atoms. The molecule has 4 aromatic rings. The molecule has 0 aliphatic rings. The molecule has 0 spiro atoms. The van der Waals surface area contributed by atoms with Gasteiger partial charge in [0.15, 0.2) is 5.82 Å². The summed E-state index contributed by atoms with van der Waals surface area (Å²) >= 11 is 0. The van der Waals surface area contributed by atoms with Gasteiger partial charge in [0.05, 0.1) is 13.2 Å². The molecule has 170 valence electrons. The molecule has 0 aliphatic heterocycles. The fourth-order valence-electron chi connectivity index (χ4n) is 3.73. The van der Waals surface area contributed by atoms with Crippen LogP contribution in [-0.2, 0) is 35.7 Å². The number of pyridine rings is 1. The average Bonchev–Trinajstić information content (AvgIpc) is 3.21.